The molecule has 16 heavy (non-hydrogen) atoms. The topological polar surface area (TPSA) is 92.5 Å². The predicted molar refractivity (Wildman–Crippen MR) is 60.7 cm³/mol. The Morgan fingerprint density at radius 3 is 2.88 bits per heavy atom. The van der Waals surface area contributed by atoms with Crippen LogP contribution in [0.15, 0.2) is 12.1 Å². The minimum absolute atomic E-state index is 0.0798. The van der Waals surface area contributed by atoms with Crippen LogP contribution < -0.4 is 5.32 Å². The van der Waals surface area contributed by atoms with Gasteiger partial charge in [-0.3, -0.25) is 20.2 Å². The van der Waals surface area contributed by atoms with Crippen molar-refractivity contribution in [2.45, 2.75) is 11.4 Å². The molecule has 0 saturated carbocycles. The molecule has 0 aliphatic carbocycles. The second kappa shape index (κ2) is 4.40. The van der Waals surface area contributed by atoms with Crippen LogP contribution in [-0.2, 0) is 4.79 Å². The van der Waals surface area contributed by atoms with E-state index >= 15 is 0 Å². The summed E-state index contributed by atoms with van der Waals surface area (Å²) >= 11 is 2.53. The summed E-state index contributed by atoms with van der Waals surface area (Å²) < 4.78 is 0. The summed E-state index contributed by atoms with van der Waals surface area (Å²) in [6.45, 7) is 0. The zero-order valence-corrected chi connectivity index (χ0v) is 9.59. The van der Waals surface area contributed by atoms with Crippen LogP contribution in [0, 0.1) is 10.1 Å². The third-order valence-electron chi connectivity index (χ3n) is 2.13. The first kappa shape index (κ1) is 11.4. The molecular weight excluding hydrogens is 252 g/mol. The van der Waals surface area contributed by atoms with Gasteiger partial charge in [-0.05, 0) is 6.07 Å². The number of carboxylic acid groups (broad SMARTS) is 1. The summed E-state index contributed by atoms with van der Waals surface area (Å²) in [5, 5.41) is 22.1. The van der Waals surface area contributed by atoms with Gasteiger partial charge >= 0.3 is 11.0 Å². The minimum atomic E-state index is -0.888. The van der Waals surface area contributed by atoms with Crippen molar-refractivity contribution in [3.8, 4) is 0 Å². The Morgan fingerprint density at radius 2 is 2.38 bits per heavy atom. The standard InChI is InChI=1S/C8H8N2O4S2/c11-8(12)4-3-15-7(9-4)5-1-2-6(16-5)10(13)14/h1-2,4,7,9H,3H2,(H,11,12)/t4-,7?/m0/s1. The molecule has 1 fully saturated rings. The Balaban J connectivity index is 2.08. The van der Waals surface area contributed by atoms with Gasteiger partial charge in [-0.15, -0.1) is 11.8 Å². The molecule has 8 heteroatoms. The molecule has 1 unspecified atom stereocenters. The highest BCUT2D eigenvalue weighted by Crippen LogP contribution is 2.38. The van der Waals surface area contributed by atoms with Crippen LogP contribution >= 0.6 is 23.1 Å². The SMILES string of the molecule is O=C(O)[C@@H]1CSC(c2ccc([N+](=O)[O-])s2)N1. The Hall–Kier alpha value is -1.12. The molecule has 2 atom stereocenters. The summed E-state index contributed by atoms with van der Waals surface area (Å²) in [6.07, 6.45) is 0. The molecule has 1 aliphatic rings. The molecule has 6 nitrogen and oxygen atoms in total. The number of hydrogen-bond donors (Lipinski definition) is 2. The van der Waals surface area contributed by atoms with Gasteiger partial charge in [0.15, 0.2) is 0 Å². The Morgan fingerprint density at radius 1 is 1.62 bits per heavy atom. The fourth-order valence-electron chi connectivity index (χ4n) is 1.36. The second-order valence-corrected chi connectivity index (χ2v) is 5.44. The average molecular weight is 260 g/mol. The van der Waals surface area contributed by atoms with Gasteiger partial charge in [-0.25, -0.2) is 0 Å². The van der Waals surface area contributed by atoms with Gasteiger partial charge < -0.3 is 5.11 Å². The molecule has 1 aromatic rings. The Labute approximate surface area is 98.8 Å². The maximum absolute atomic E-state index is 10.7. The highest BCUT2D eigenvalue weighted by atomic mass is 32.2. The molecule has 2 heterocycles. The molecule has 0 amide bonds. The van der Waals surface area contributed by atoms with Crippen molar-refractivity contribution in [1.82, 2.24) is 5.32 Å². The van der Waals surface area contributed by atoms with E-state index in [0.717, 1.165) is 16.2 Å². The lowest BCUT2D eigenvalue weighted by Crippen LogP contribution is -2.33. The highest BCUT2D eigenvalue weighted by Gasteiger charge is 2.31. The average Bonchev–Trinajstić information content (AvgIpc) is 2.86. The first-order valence-electron chi connectivity index (χ1n) is 4.42. The zero-order chi connectivity index (χ0) is 11.7. The maximum Gasteiger partial charge on any atom is 0.324 e. The van der Waals surface area contributed by atoms with Crippen LogP contribution in [0.4, 0.5) is 5.00 Å². The monoisotopic (exact) mass is 260 g/mol. The second-order valence-electron chi connectivity index (χ2n) is 3.20. The van der Waals surface area contributed by atoms with Crippen molar-refractivity contribution >= 4 is 34.1 Å². The Kier molecular flexibility index (Phi) is 3.13. The quantitative estimate of drug-likeness (QED) is 0.631. The smallest absolute Gasteiger partial charge is 0.324 e. The fraction of sp³-hybridized carbons (Fsp3) is 0.375. The minimum Gasteiger partial charge on any atom is -0.480 e. The van der Waals surface area contributed by atoms with Crippen molar-refractivity contribution in [3.63, 3.8) is 0 Å². The lowest BCUT2D eigenvalue weighted by molar-refractivity contribution is -0.380. The van der Waals surface area contributed by atoms with Gasteiger partial charge in [0.05, 0.1) is 10.3 Å². The lowest BCUT2D eigenvalue weighted by Gasteiger charge is -2.07. The molecule has 0 radical (unpaired) electrons. The number of nitrogens with one attached hydrogen (secondary N) is 1. The van der Waals surface area contributed by atoms with Crippen LogP contribution in [-0.4, -0.2) is 27.8 Å². The van der Waals surface area contributed by atoms with E-state index in [0.29, 0.717) is 5.75 Å². The van der Waals surface area contributed by atoms with Crippen molar-refractivity contribution in [3.05, 3.63) is 27.1 Å². The summed E-state index contributed by atoms with van der Waals surface area (Å²) in [6, 6.07) is 2.53. The van der Waals surface area contributed by atoms with Crippen molar-refractivity contribution in [2.24, 2.45) is 0 Å². The van der Waals surface area contributed by atoms with E-state index in [1.165, 1.54) is 17.8 Å². The van der Waals surface area contributed by atoms with Gasteiger partial charge in [-0.1, -0.05) is 11.3 Å². The van der Waals surface area contributed by atoms with Crippen molar-refractivity contribution < 1.29 is 14.8 Å². The number of nitrogens with zero attached hydrogens (tertiary/aromatic N) is 1. The van der Waals surface area contributed by atoms with Gasteiger partial charge in [0.1, 0.15) is 6.04 Å². The van der Waals surface area contributed by atoms with Crippen molar-refractivity contribution in [2.75, 3.05) is 5.75 Å². The maximum atomic E-state index is 10.7. The number of nitro groups is 1. The molecule has 86 valence electrons. The number of thioether (sulfide) groups is 1. The third kappa shape index (κ3) is 2.18. The normalized spacial score (nSPS) is 24.5. The van der Waals surface area contributed by atoms with Crippen LogP contribution in [0.3, 0.4) is 0 Å². The first-order valence-corrected chi connectivity index (χ1v) is 6.29. The molecule has 1 aromatic heterocycles. The van der Waals surface area contributed by atoms with Gasteiger partial charge in [0, 0.05) is 16.7 Å². The fourth-order valence-corrected chi connectivity index (χ4v) is 3.60. The van der Waals surface area contributed by atoms with E-state index in [1.54, 1.807) is 6.07 Å². The van der Waals surface area contributed by atoms with Crippen LogP contribution in [0.25, 0.3) is 0 Å². The summed E-state index contributed by atoms with van der Waals surface area (Å²) in [5.74, 6) is -0.410. The van der Waals surface area contributed by atoms with E-state index in [4.69, 9.17) is 5.11 Å². The number of rotatable bonds is 3. The third-order valence-corrected chi connectivity index (χ3v) is 4.63. The largest absolute Gasteiger partial charge is 0.480 e. The summed E-state index contributed by atoms with van der Waals surface area (Å²) in [5.41, 5.74) is 0. The molecule has 2 N–H and O–H groups in total. The predicted octanol–water partition coefficient (Wildman–Crippen LogP) is 1.44. The molecule has 1 aliphatic heterocycles. The number of aliphatic carboxylic acids is 1. The zero-order valence-electron chi connectivity index (χ0n) is 7.95. The molecule has 1 saturated heterocycles. The molecular formula is C8H8N2O4S2. The van der Waals surface area contributed by atoms with Crippen LogP contribution in [0.2, 0.25) is 0 Å². The van der Waals surface area contributed by atoms with Crippen LogP contribution in [0.5, 0.6) is 0 Å². The van der Waals surface area contributed by atoms with Gasteiger partial charge in [0.25, 0.3) is 0 Å². The van der Waals surface area contributed by atoms with Crippen molar-refractivity contribution in [1.29, 1.82) is 0 Å². The number of carbonyl (C=O) groups is 1. The number of hydrogen-bond acceptors (Lipinski definition) is 6. The van der Waals surface area contributed by atoms with E-state index in [2.05, 4.69) is 5.32 Å². The van der Waals surface area contributed by atoms with Gasteiger partial charge in [-0.2, -0.15) is 0 Å². The van der Waals surface area contributed by atoms with E-state index < -0.39 is 16.9 Å². The highest BCUT2D eigenvalue weighted by molar-refractivity contribution is 7.99. The summed E-state index contributed by atoms with van der Waals surface area (Å²) in [4.78, 5) is 21.6. The molecule has 0 bridgehead atoms. The molecule has 0 aromatic carbocycles. The number of carboxylic acids is 1. The summed E-state index contributed by atoms with van der Waals surface area (Å²) in [7, 11) is 0. The van der Waals surface area contributed by atoms with E-state index in [9.17, 15) is 14.9 Å². The first-order chi connectivity index (χ1) is 7.58. The van der Waals surface area contributed by atoms with Crippen LogP contribution in [0.1, 0.15) is 10.3 Å². The lowest BCUT2D eigenvalue weighted by atomic mass is 10.3. The van der Waals surface area contributed by atoms with E-state index in [-0.39, 0.29) is 10.4 Å². The van der Waals surface area contributed by atoms with E-state index in [1.807, 2.05) is 0 Å². The Bertz CT molecular complexity index is 433. The number of thiophene rings is 1. The molecule has 0 spiro atoms. The van der Waals surface area contributed by atoms with Gasteiger partial charge in [0.2, 0.25) is 0 Å². The molecule has 2 rings (SSSR count).